The van der Waals surface area contributed by atoms with Crippen molar-refractivity contribution in [2.24, 2.45) is 0 Å². The van der Waals surface area contributed by atoms with Gasteiger partial charge in [-0.05, 0) is 77.0 Å². The Bertz CT molecular complexity index is 1210. The van der Waals surface area contributed by atoms with Crippen LogP contribution >= 0.6 is 0 Å². The molecule has 0 aliphatic heterocycles. The molecule has 0 heterocycles. The van der Waals surface area contributed by atoms with E-state index in [9.17, 15) is 14.4 Å². The van der Waals surface area contributed by atoms with Crippen LogP contribution in [0.3, 0.4) is 0 Å². The van der Waals surface area contributed by atoms with Crippen LogP contribution in [0.4, 0.5) is 0 Å². The highest BCUT2D eigenvalue weighted by Gasteiger charge is 2.19. The third-order valence-electron chi connectivity index (χ3n) is 11.5. The van der Waals surface area contributed by atoms with E-state index in [1.807, 2.05) is 0 Å². The van der Waals surface area contributed by atoms with Crippen LogP contribution in [-0.4, -0.2) is 37.2 Å². The fourth-order valence-electron chi connectivity index (χ4n) is 7.48. The summed E-state index contributed by atoms with van der Waals surface area (Å²) in [6, 6.07) is 0. The van der Waals surface area contributed by atoms with Crippen LogP contribution in [0.25, 0.3) is 0 Å². The lowest BCUT2D eigenvalue weighted by atomic mass is 10.0. The van der Waals surface area contributed by atoms with Gasteiger partial charge in [-0.25, -0.2) is 0 Å². The topological polar surface area (TPSA) is 78.9 Å². The van der Waals surface area contributed by atoms with Crippen molar-refractivity contribution >= 4 is 17.9 Å². The van der Waals surface area contributed by atoms with Crippen LogP contribution in [-0.2, 0) is 28.6 Å². The van der Waals surface area contributed by atoms with Gasteiger partial charge in [0.15, 0.2) is 6.10 Å². The van der Waals surface area contributed by atoms with Gasteiger partial charge in [0.05, 0.1) is 0 Å². The number of carbonyl (C=O) groups excluding carboxylic acids is 3. The van der Waals surface area contributed by atoms with Gasteiger partial charge in [-0.15, -0.1) is 0 Å². The summed E-state index contributed by atoms with van der Waals surface area (Å²) in [5, 5.41) is 0. The summed E-state index contributed by atoms with van der Waals surface area (Å²) in [4.78, 5) is 38.0. The normalized spacial score (nSPS) is 12.6. The van der Waals surface area contributed by atoms with Crippen LogP contribution in [0.5, 0.6) is 0 Å². The summed E-state index contributed by atoms with van der Waals surface area (Å²) in [5.41, 5.74) is 0. The van der Waals surface area contributed by atoms with E-state index in [2.05, 4.69) is 93.7 Å². The van der Waals surface area contributed by atoms with E-state index >= 15 is 0 Å². The number of esters is 3. The van der Waals surface area contributed by atoms with E-state index in [-0.39, 0.29) is 37.5 Å². The molecule has 1 atom stereocenters. The molecule has 0 aromatic rings. The van der Waals surface area contributed by atoms with E-state index in [1.165, 1.54) is 116 Å². The van der Waals surface area contributed by atoms with Crippen molar-refractivity contribution in [1.82, 2.24) is 0 Å². The van der Waals surface area contributed by atoms with Crippen LogP contribution in [0.15, 0.2) is 72.9 Å². The molecule has 0 aliphatic carbocycles. The largest absolute Gasteiger partial charge is 0.462 e. The summed E-state index contributed by atoms with van der Waals surface area (Å²) in [7, 11) is 0. The Morgan fingerprint density at radius 1 is 0.328 bits per heavy atom. The van der Waals surface area contributed by atoms with Gasteiger partial charge in [-0.2, -0.15) is 0 Å². The molecule has 6 heteroatoms. The number of hydrogen-bond acceptors (Lipinski definition) is 6. The Balaban J connectivity index is 4.36. The molecule has 0 N–H and O–H groups in total. The molecule has 0 aromatic heterocycles. The Morgan fingerprint density at radius 2 is 0.625 bits per heavy atom. The lowest BCUT2D eigenvalue weighted by molar-refractivity contribution is -0.167. The van der Waals surface area contributed by atoms with Gasteiger partial charge in [0.25, 0.3) is 0 Å². The van der Waals surface area contributed by atoms with Crippen LogP contribution in [0.1, 0.15) is 258 Å². The van der Waals surface area contributed by atoms with E-state index in [0.29, 0.717) is 19.3 Å². The van der Waals surface area contributed by atoms with Gasteiger partial charge in [0.1, 0.15) is 13.2 Å². The molecule has 64 heavy (non-hydrogen) atoms. The molecule has 0 rings (SSSR count). The number of ether oxygens (including phenoxy) is 3. The molecule has 0 radical (unpaired) electrons. The van der Waals surface area contributed by atoms with Gasteiger partial charge < -0.3 is 14.2 Å². The van der Waals surface area contributed by atoms with Crippen molar-refractivity contribution in [3.8, 4) is 0 Å². The summed E-state index contributed by atoms with van der Waals surface area (Å²) >= 11 is 0. The second-order valence-corrected chi connectivity index (χ2v) is 17.7. The third kappa shape index (κ3) is 49.9. The average molecular weight is 893 g/mol. The van der Waals surface area contributed by atoms with Crippen molar-refractivity contribution in [2.45, 2.75) is 264 Å². The predicted molar refractivity (Wildman–Crippen MR) is 274 cm³/mol. The predicted octanol–water partition coefficient (Wildman–Crippen LogP) is 17.8. The first-order valence-electron chi connectivity index (χ1n) is 26.9. The maximum atomic E-state index is 12.8. The maximum absolute atomic E-state index is 12.8. The fourth-order valence-corrected chi connectivity index (χ4v) is 7.48. The van der Waals surface area contributed by atoms with E-state index in [0.717, 1.165) is 96.3 Å². The molecule has 6 nitrogen and oxygen atoms in total. The molecule has 0 fully saturated rings. The van der Waals surface area contributed by atoms with Crippen LogP contribution in [0.2, 0.25) is 0 Å². The Morgan fingerprint density at radius 3 is 1.02 bits per heavy atom. The molecule has 0 saturated heterocycles. The Hall–Kier alpha value is -3.15. The summed E-state index contributed by atoms with van der Waals surface area (Å²) in [5.74, 6) is -0.960. The lowest BCUT2D eigenvalue weighted by Crippen LogP contribution is -2.30. The third-order valence-corrected chi connectivity index (χ3v) is 11.5. The van der Waals surface area contributed by atoms with Crippen molar-refractivity contribution in [3.05, 3.63) is 72.9 Å². The van der Waals surface area contributed by atoms with E-state index in [1.54, 1.807) is 0 Å². The van der Waals surface area contributed by atoms with Crippen LogP contribution < -0.4 is 0 Å². The zero-order valence-corrected chi connectivity index (χ0v) is 42.0. The quantitative estimate of drug-likeness (QED) is 0.0262. The lowest BCUT2D eigenvalue weighted by Gasteiger charge is -2.18. The number of hydrogen-bond donors (Lipinski definition) is 0. The average Bonchev–Trinajstić information content (AvgIpc) is 3.29. The first-order valence-corrected chi connectivity index (χ1v) is 26.9. The van der Waals surface area contributed by atoms with Crippen molar-refractivity contribution in [2.75, 3.05) is 13.2 Å². The molecule has 0 aliphatic rings. The zero-order valence-electron chi connectivity index (χ0n) is 42.0. The zero-order chi connectivity index (χ0) is 46.5. The van der Waals surface area contributed by atoms with Gasteiger partial charge >= 0.3 is 17.9 Å². The second kappa shape index (κ2) is 52.5. The highest BCUT2D eigenvalue weighted by molar-refractivity contribution is 5.71. The van der Waals surface area contributed by atoms with E-state index < -0.39 is 6.10 Å². The van der Waals surface area contributed by atoms with Crippen molar-refractivity contribution in [3.63, 3.8) is 0 Å². The minimum atomic E-state index is -0.800. The summed E-state index contributed by atoms with van der Waals surface area (Å²) in [6.45, 7) is 6.37. The molecule has 0 bridgehead atoms. The molecule has 0 spiro atoms. The molecule has 1 unspecified atom stereocenters. The second-order valence-electron chi connectivity index (χ2n) is 17.7. The van der Waals surface area contributed by atoms with Gasteiger partial charge in [0.2, 0.25) is 0 Å². The summed E-state index contributed by atoms with van der Waals surface area (Å²) in [6.07, 6.45) is 66.2. The molecule has 0 aromatic carbocycles. The molecule has 368 valence electrons. The Kier molecular flexibility index (Phi) is 49.9. The van der Waals surface area contributed by atoms with Crippen molar-refractivity contribution in [1.29, 1.82) is 0 Å². The number of allylic oxidation sites excluding steroid dienone is 12. The van der Waals surface area contributed by atoms with Gasteiger partial charge in [-0.3, -0.25) is 14.4 Å². The molecule has 0 amide bonds. The van der Waals surface area contributed by atoms with E-state index in [4.69, 9.17) is 14.2 Å². The summed E-state index contributed by atoms with van der Waals surface area (Å²) < 4.78 is 16.8. The standard InChI is InChI=1S/C58H100O6/c1-4-7-10-13-16-19-22-24-26-28-29-30-32-33-36-39-42-45-48-51-57(60)63-54-55(53-62-56(59)50-47-44-41-38-35-21-18-15-12-9-6-3)64-58(61)52-49-46-43-40-37-34-31-27-25-23-20-17-14-11-8-5-2/h8-9,11-12,17-18,20-21,25,27,38,41,55H,4-7,10,13-16,19,22-24,26,28-37,39-40,42-54H2,1-3H3/b11-8-,12-9-,20-17-,21-18-,27-25-,41-38-. The van der Waals surface area contributed by atoms with Crippen LogP contribution in [0, 0.1) is 0 Å². The Labute approximate surface area is 395 Å². The van der Waals surface area contributed by atoms with Crippen molar-refractivity contribution < 1.29 is 28.6 Å². The smallest absolute Gasteiger partial charge is 0.306 e. The molecular weight excluding hydrogens is 793 g/mol. The van der Waals surface area contributed by atoms with Gasteiger partial charge in [0, 0.05) is 19.3 Å². The SMILES string of the molecule is CC/C=C\C/C=C\C/C=C\CCCCCCCCC(=O)OC(COC(=O)CCC/C=C\C/C=C\C/C=C\CC)COC(=O)CCCCCCCCCCCCCCCCCCCCC. The molecular formula is C58H100O6. The minimum Gasteiger partial charge on any atom is -0.462 e. The fraction of sp³-hybridized carbons (Fsp3) is 0.741. The first-order chi connectivity index (χ1) is 31.5. The number of rotatable bonds is 48. The first kappa shape index (κ1) is 60.9. The number of unbranched alkanes of at least 4 members (excludes halogenated alkanes) is 25. The minimum absolute atomic E-state index is 0.0947. The number of carbonyl (C=O) groups is 3. The van der Waals surface area contributed by atoms with Gasteiger partial charge in [-0.1, -0.05) is 235 Å². The molecule has 0 saturated carbocycles. The highest BCUT2D eigenvalue weighted by Crippen LogP contribution is 2.16. The maximum Gasteiger partial charge on any atom is 0.306 e. The highest BCUT2D eigenvalue weighted by atomic mass is 16.6. The monoisotopic (exact) mass is 893 g/mol.